The van der Waals surface area contributed by atoms with E-state index in [4.69, 9.17) is 18.4 Å². The maximum atomic E-state index is 9.03. The molecule has 0 aromatic rings. The van der Waals surface area contributed by atoms with Crippen molar-refractivity contribution in [1.82, 2.24) is 0 Å². The van der Waals surface area contributed by atoms with Crippen LogP contribution in [-0.4, -0.2) is 13.0 Å². The van der Waals surface area contributed by atoms with Crippen molar-refractivity contribution in [3.8, 4) is 0 Å². The van der Waals surface area contributed by atoms with Crippen molar-refractivity contribution in [2.75, 3.05) is 0 Å². The first-order chi connectivity index (χ1) is 2.56. The van der Waals surface area contributed by atoms with Crippen molar-refractivity contribution in [3.63, 3.8) is 0 Å². The van der Waals surface area contributed by atoms with Gasteiger partial charge < -0.3 is 4.55 Å². The Morgan fingerprint density at radius 1 is 1.67 bits per heavy atom. The van der Waals surface area contributed by atoms with E-state index in [9.17, 15) is 0 Å². The fourth-order valence-electron chi connectivity index (χ4n) is 0. The molecule has 34 valence electrons. The average molecular weight is 108 g/mol. The molecule has 0 aliphatic rings. The van der Waals surface area contributed by atoms with Crippen LogP contribution in [0.4, 0.5) is 0 Å². The van der Waals surface area contributed by atoms with E-state index in [1.165, 1.54) is 4.38 Å². The highest BCUT2D eigenvalue weighted by Gasteiger charge is 1.99. The lowest BCUT2D eigenvalue weighted by Gasteiger charge is -1.70. The molecule has 0 unspecified atom stereocenters. The lowest BCUT2D eigenvalue weighted by atomic mass is 13.4. The maximum absolute atomic E-state index is 9.03. The summed E-state index contributed by atoms with van der Waals surface area (Å²) in [5.41, 5.74) is 0. The Morgan fingerprint density at radius 3 is 1.83 bits per heavy atom. The maximum Gasteiger partial charge on any atom is 0.487 e. The molecule has 5 nitrogen and oxygen atoms in total. The van der Waals surface area contributed by atoms with Gasteiger partial charge in [-0.1, -0.05) is 0 Å². The highest BCUT2D eigenvalue weighted by atomic mass is 32.2. The summed E-state index contributed by atoms with van der Waals surface area (Å²) in [7, 11) is -4.73. The van der Waals surface area contributed by atoms with Crippen LogP contribution in [0.5, 0.6) is 0 Å². The van der Waals surface area contributed by atoms with Crippen molar-refractivity contribution in [3.05, 3.63) is 4.38 Å². The molecule has 6 heteroatoms. The summed E-state index contributed by atoms with van der Waals surface area (Å²) in [4.78, 5) is 0. The van der Waals surface area contributed by atoms with Gasteiger partial charge in [0.15, 0.2) is 0 Å². The van der Waals surface area contributed by atoms with Crippen LogP contribution in [-0.2, 0) is 10.3 Å². The SMILES string of the molecule is N#[N+]S(=O)(=O)[O-]. The molecular weight excluding hydrogens is 108 g/mol. The first kappa shape index (κ1) is 5.33. The van der Waals surface area contributed by atoms with E-state index in [2.05, 4.69) is 0 Å². The van der Waals surface area contributed by atoms with Gasteiger partial charge >= 0.3 is 10.3 Å². The van der Waals surface area contributed by atoms with E-state index < -0.39 is 10.3 Å². The fourth-order valence-corrected chi connectivity index (χ4v) is 0. The smallest absolute Gasteiger partial charge is 0.487 e. The molecule has 0 aliphatic carbocycles. The van der Waals surface area contributed by atoms with Gasteiger partial charge in [-0.05, 0) is 0 Å². The molecule has 0 rings (SSSR count). The Hall–Kier alpha value is -0.670. The van der Waals surface area contributed by atoms with Crippen LogP contribution in [0.25, 0.3) is 4.38 Å². The van der Waals surface area contributed by atoms with Crippen LogP contribution in [0.3, 0.4) is 0 Å². The largest absolute Gasteiger partial charge is 0.676 e. The van der Waals surface area contributed by atoms with Crippen LogP contribution in [0.15, 0.2) is 0 Å². The molecule has 0 saturated heterocycles. The monoisotopic (exact) mass is 108 g/mol. The minimum absolute atomic E-state index is 1.44. The normalized spacial score (nSPS) is 10.0. The van der Waals surface area contributed by atoms with Gasteiger partial charge in [0.1, 0.15) is 0 Å². The second-order valence-electron chi connectivity index (χ2n) is 0.509. The molecule has 0 heterocycles. The highest BCUT2D eigenvalue weighted by molar-refractivity contribution is 7.87. The summed E-state index contributed by atoms with van der Waals surface area (Å²) < 4.78 is 28.5. The van der Waals surface area contributed by atoms with Gasteiger partial charge in [-0.25, -0.2) is 0 Å². The van der Waals surface area contributed by atoms with Gasteiger partial charge in [0.2, 0.25) is 5.39 Å². The zero-order valence-electron chi connectivity index (χ0n) is 2.53. The topological polar surface area (TPSA) is 85.3 Å². The van der Waals surface area contributed by atoms with E-state index in [1.807, 2.05) is 0 Å². The van der Waals surface area contributed by atoms with Crippen LogP contribution in [0.1, 0.15) is 0 Å². The summed E-state index contributed by atoms with van der Waals surface area (Å²) in [5, 5.41) is 7.13. The number of rotatable bonds is 0. The number of diazo groups is 1. The Balaban J connectivity index is 4.41. The zero-order chi connectivity index (χ0) is 5.21. The van der Waals surface area contributed by atoms with Crippen molar-refractivity contribution < 1.29 is 13.0 Å². The van der Waals surface area contributed by atoms with Crippen molar-refractivity contribution in [2.24, 2.45) is 0 Å². The van der Waals surface area contributed by atoms with E-state index in [0.717, 1.165) is 0 Å². The summed E-state index contributed by atoms with van der Waals surface area (Å²) >= 11 is 0. The predicted octanol–water partition coefficient (Wildman–Crippen LogP) is -0.700. The lowest BCUT2D eigenvalue weighted by Crippen LogP contribution is -1.84. The molecule has 0 bridgehead atoms. The Labute approximate surface area is 34.1 Å². The summed E-state index contributed by atoms with van der Waals surface area (Å²) in [5.74, 6) is 0. The molecule has 0 atom stereocenters. The molecule has 0 aromatic heterocycles. The van der Waals surface area contributed by atoms with Gasteiger partial charge in [0.25, 0.3) is 4.38 Å². The molecule has 0 fully saturated rings. The quantitative estimate of drug-likeness (QED) is 0.303. The van der Waals surface area contributed by atoms with E-state index in [0.29, 0.717) is 0 Å². The molecule has 0 aliphatic heterocycles. The van der Waals surface area contributed by atoms with Crippen LogP contribution in [0.2, 0.25) is 0 Å². The van der Waals surface area contributed by atoms with Crippen molar-refractivity contribution in [2.45, 2.75) is 0 Å². The first-order valence-corrected chi connectivity index (χ1v) is 2.25. The van der Waals surface area contributed by atoms with E-state index >= 15 is 0 Å². The molecule has 0 radical (unpaired) electrons. The number of hydrogen-bond donors (Lipinski definition) is 0. The Kier molecular flexibility index (Phi) is 1.06. The third-order valence-corrected chi connectivity index (χ3v) is 0.300. The van der Waals surface area contributed by atoms with Gasteiger partial charge in [-0.2, -0.15) is 8.42 Å². The first-order valence-electron chi connectivity index (χ1n) is 0.883. The number of hydrogen-bond acceptors (Lipinski definition) is 4. The van der Waals surface area contributed by atoms with Crippen LogP contribution >= 0.6 is 0 Å². The van der Waals surface area contributed by atoms with Crippen molar-refractivity contribution in [1.29, 1.82) is 5.39 Å². The Morgan fingerprint density at radius 2 is 1.83 bits per heavy atom. The highest BCUT2D eigenvalue weighted by Crippen LogP contribution is 1.75. The van der Waals surface area contributed by atoms with Crippen molar-refractivity contribution >= 4 is 10.3 Å². The standard InChI is InChI=1S/N2O3S/c1-2-6(3,4)5. The minimum atomic E-state index is -4.73. The van der Waals surface area contributed by atoms with Gasteiger partial charge in [0.05, 0.1) is 0 Å². The summed E-state index contributed by atoms with van der Waals surface area (Å²) in [6.45, 7) is 0. The third-order valence-electron chi connectivity index (χ3n) is 0.100. The van der Waals surface area contributed by atoms with Crippen LogP contribution < -0.4 is 0 Å². The molecule has 0 spiro atoms. The van der Waals surface area contributed by atoms with E-state index in [1.54, 1.807) is 0 Å². The molecule has 0 amide bonds. The zero-order valence-corrected chi connectivity index (χ0v) is 3.34. The third kappa shape index (κ3) is 3.33. The second-order valence-corrected chi connectivity index (χ2v) is 1.53. The van der Waals surface area contributed by atoms with Crippen LogP contribution in [0, 0.1) is 5.39 Å². The van der Waals surface area contributed by atoms with E-state index in [-0.39, 0.29) is 0 Å². The second kappa shape index (κ2) is 1.20. The minimum Gasteiger partial charge on any atom is -0.676 e. The summed E-state index contributed by atoms with van der Waals surface area (Å²) in [6.07, 6.45) is 0. The fraction of sp³-hybridized carbons (Fsp3) is 0. The van der Waals surface area contributed by atoms with Gasteiger partial charge in [-0.3, -0.25) is 0 Å². The van der Waals surface area contributed by atoms with Gasteiger partial charge in [0, 0.05) is 0 Å². The summed E-state index contributed by atoms with van der Waals surface area (Å²) in [6, 6.07) is 0. The van der Waals surface area contributed by atoms with Gasteiger partial charge in [-0.15, -0.1) is 0 Å². The molecule has 6 heavy (non-hydrogen) atoms. The lowest BCUT2D eigenvalue weighted by molar-refractivity contribution is 0.472. The molecule has 0 N–H and O–H groups in total. The molecule has 0 saturated carbocycles. The molecule has 0 aromatic carbocycles. The molecular formula is N2O3S. The Bertz CT molecular complexity index is 158. The average Bonchev–Trinajstić information content (AvgIpc) is 1.35. The number of nitrogens with zero attached hydrogens (tertiary/aromatic N) is 2. The predicted molar refractivity (Wildman–Crippen MR) is 14.8 cm³/mol.